The number of nitrogens with one attached hydrogen (secondary N) is 1. The van der Waals surface area contributed by atoms with Crippen LogP contribution in [0.2, 0.25) is 13.1 Å². The van der Waals surface area contributed by atoms with Gasteiger partial charge in [0.05, 0.1) is 5.60 Å². The molecule has 1 saturated heterocycles. The number of β-lactam (4-membered cyclic amide) rings is 1. The molecule has 1 N–H and O–H groups in total. The van der Waals surface area contributed by atoms with Crippen LogP contribution < -0.4 is 5.32 Å². The molecule has 0 aromatic heterocycles. The summed E-state index contributed by atoms with van der Waals surface area (Å²) in [7, 11) is -1.22. The van der Waals surface area contributed by atoms with E-state index < -0.39 is 14.6 Å². The van der Waals surface area contributed by atoms with Crippen molar-refractivity contribution in [1.29, 1.82) is 0 Å². The number of rotatable bonds is 3. The Kier molecular flexibility index (Phi) is 3.77. The molecular weight excluding hydrogens is 242 g/mol. The molecule has 0 saturated carbocycles. The highest BCUT2D eigenvalue weighted by Crippen LogP contribution is 2.45. The van der Waals surface area contributed by atoms with Gasteiger partial charge in [0.2, 0.25) is 5.91 Å². The van der Waals surface area contributed by atoms with Gasteiger partial charge >= 0.3 is 0 Å². The molecule has 1 heterocycles. The van der Waals surface area contributed by atoms with Crippen molar-refractivity contribution in [2.24, 2.45) is 11.3 Å². The van der Waals surface area contributed by atoms with E-state index in [2.05, 4.69) is 39.2 Å². The summed E-state index contributed by atoms with van der Waals surface area (Å²) < 4.78 is 6.14. The van der Waals surface area contributed by atoms with E-state index in [0.29, 0.717) is 0 Å². The fourth-order valence-electron chi connectivity index (χ4n) is 2.08. The van der Waals surface area contributed by atoms with Crippen LogP contribution in [0.1, 0.15) is 27.7 Å². The Hall–Kier alpha value is -0.0631. The maximum atomic E-state index is 11.7. The molecule has 5 heteroatoms. The van der Waals surface area contributed by atoms with Crippen LogP contribution in [0.15, 0.2) is 0 Å². The van der Waals surface area contributed by atoms with E-state index in [0.717, 1.165) is 0 Å². The normalized spacial score (nSPS) is 29.6. The Morgan fingerprint density at radius 1 is 1.31 bits per heavy atom. The van der Waals surface area contributed by atoms with E-state index >= 15 is 0 Å². The van der Waals surface area contributed by atoms with Crippen LogP contribution in [-0.2, 0) is 9.22 Å². The van der Waals surface area contributed by atoms with Gasteiger partial charge in [0.1, 0.15) is 11.4 Å². The number of amides is 1. The van der Waals surface area contributed by atoms with Crippen molar-refractivity contribution in [1.82, 2.24) is 5.32 Å². The van der Waals surface area contributed by atoms with Crippen LogP contribution in [0.5, 0.6) is 0 Å². The number of carbonyl (C=O) groups excluding carboxylic acids is 1. The van der Waals surface area contributed by atoms with E-state index in [4.69, 9.17) is 16.0 Å². The molecule has 1 amide bonds. The summed E-state index contributed by atoms with van der Waals surface area (Å²) in [6.45, 7) is 12.5. The first kappa shape index (κ1) is 14.0. The van der Waals surface area contributed by atoms with Gasteiger partial charge in [0.15, 0.2) is 9.04 Å². The second-order valence-corrected chi connectivity index (χ2v) is 8.72. The molecule has 0 radical (unpaired) electrons. The standard InChI is InChI=1S/C11H22ClNO2Si/c1-10(2,3)11(4,15-16(5)6)7-8(12)13-9(7)14/h7-8,16H,1-6H3,(H,13,14)/t7-,8+,11?/m1/s1. The van der Waals surface area contributed by atoms with E-state index in [1.807, 2.05) is 6.92 Å². The summed E-state index contributed by atoms with van der Waals surface area (Å²) in [5, 5.41) is 2.67. The molecule has 0 aromatic rings. The van der Waals surface area contributed by atoms with Gasteiger partial charge in [-0.15, -0.1) is 0 Å². The van der Waals surface area contributed by atoms with Crippen molar-refractivity contribution in [3.05, 3.63) is 0 Å². The average Bonchev–Trinajstić information content (AvgIpc) is 1.98. The van der Waals surface area contributed by atoms with Crippen molar-refractivity contribution in [2.45, 2.75) is 51.9 Å². The van der Waals surface area contributed by atoms with Gasteiger partial charge in [-0.25, -0.2) is 0 Å². The molecule has 0 aromatic carbocycles. The molecule has 94 valence electrons. The molecular formula is C11H22ClNO2Si. The zero-order valence-corrected chi connectivity index (χ0v) is 12.8. The molecule has 1 aliphatic rings. The molecule has 1 fully saturated rings. The first-order valence-corrected chi connectivity index (χ1v) is 8.93. The molecule has 0 spiro atoms. The van der Waals surface area contributed by atoms with E-state index in [1.54, 1.807) is 0 Å². The Balaban J connectivity index is 3.00. The SMILES string of the molecule is C[SiH](C)OC(C)([C@H]1C(=O)N[C@@H]1Cl)C(C)(C)C. The summed E-state index contributed by atoms with van der Waals surface area (Å²) in [5.74, 6) is -0.240. The predicted octanol–water partition coefficient (Wildman–Crippen LogP) is 2.10. The van der Waals surface area contributed by atoms with Crippen LogP contribution in [0.25, 0.3) is 0 Å². The Labute approximate surface area is 105 Å². The second-order valence-electron chi connectivity index (χ2n) is 5.91. The minimum atomic E-state index is -1.22. The number of alkyl halides is 1. The molecule has 0 bridgehead atoms. The number of halogens is 1. The van der Waals surface area contributed by atoms with Crippen molar-refractivity contribution in [2.75, 3.05) is 0 Å². The van der Waals surface area contributed by atoms with Crippen molar-refractivity contribution in [3.8, 4) is 0 Å². The second kappa shape index (κ2) is 4.31. The summed E-state index contributed by atoms with van der Waals surface area (Å²) in [6.07, 6.45) is 0. The average molecular weight is 264 g/mol. The molecule has 16 heavy (non-hydrogen) atoms. The zero-order valence-electron chi connectivity index (χ0n) is 10.9. The van der Waals surface area contributed by atoms with Gasteiger partial charge in [0.25, 0.3) is 0 Å². The quantitative estimate of drug-likeness (QED) is 0.367. The lowest BCUT2D eigenvalue weighted by Crippen LogP contribution is -2.68. The number of hydrogen-bond acceptors (Lipinski definition) is 2. The third-order valence-corrected chi connectivity index (χ3v) is 4.74. The lowest BCUT2D eigenvalue weighted by Gasteiger charge is -2.52. The molecule has 0 aliphatic carbocycles. The van der Waals surface area contributed by atoms with Crippen LogP contribution in [0, 0.1) is 11.3 Å². The minimum Gasteiger partial charge on any atom is -0.414 e. The van der Waals surface area contributed by atoms with Crippen LogP contribution in [0.4, 0.5) is 0 Å². The third-order valence-electron chi connectivity index (χ3n) is 3.42. The number of carbonyl (C=O) groups is 1. The van der Waals surface area contributed by atoms with Gasteiger partial charge in [-0.05, 0) is 25.4 Å². The Morgan fingerprint density at radius 3 is 2.06 bits per heavy atom. The van der Waals surface area contributed by atoms with Gasteiger partial charge in [-0.1, -0.05) is 32.4 Å². The summed E-state index contributed by atoms with van der Waals surface area (Å²) in [5.41, 5.74) is -0.897. The summed E-state index contributed by atoms with van der Waals surface area (Å²) in [6, 6.07) is 0. The topological polar surface area (TPSA) is 38.3 Å². The highest BCUT2D eigenvalue weighted by atomic mass is 35.5. The van der Waals surface area contributed by atoms with E-state index in [-0.39, 0.29) is 22.7 Å². The highest BCUT2D eigenvalue weighted by molar-refractivity contribution is 6.48. The van der Waals surface area contributed by atoms with Crippen LogP contribution in [-0.4, -0.2) is 26.0 Å². The monoisotopic (exact) mass is 263 g/mol. The van der Waals surface area contributed by atoms with Gasteiger partial charge in [-0.2, -0.15) is 0 Å². The fourth-order valence-corrected chi connectivity index (χ4v) is 4.02. The molecule has 3 nitrogen and oxygen atoms in total. The fraction of sp³-hybridized carbons (Fsp3) is 0.909. The molecule has 1 aliphatic heterocycles. The van der Waals surface area contributed by atoms with Crippen LogP contribution >= 0.6 is 11.6 Å². The first-order valence-electron chi connectivity index (χ1n) is 5.72. The van der Waals surface area contributed by atoms with Gasteiger partial charge in [0, 0.05) is 0 Å². The predicted molar refractivity (Wildman–Crippen MR) is 69.1 cm³/mol. The lowest BCUT2D eigenvalue weighted by atomic mass is 9.67. The smallest absolute Gasteiger partial charge is 0.230 e. The van der Waals surface area contributed by atoms with E-state index in [9.17, 15) is 4.79 Å². The Bertz CT molecular complexity index is 290. The van der Waals surface area contributed by atoms with Gasteiger partial charge in [-0.3, -0.25) is 4.79 Å². The van der Waals surface area contributed by atoms with Crippen LogP contribution in [0.3, 0.4) is 0 Å². The molecule has 1 rings (SSSR count). The summed E-state index contributed by atoms with van der Waals surface area (Å²) in [4.78, 5) is 11.7. The first-order chi connectivity index (χ1) is 7.09. The maximum Gasteiger partial charge on any atom is 0.230 e. The lowest BCUT2D eigenvalue weighted by molar-refractivity contribution is -0.153. The van der Waals surface area contributed by atoms with E-state index in [1.165, 1.54) is 0 Å². The third kappa shape index (κ3) is 2.29. The highest BCUT2D eigenvalue weighted by Gasteiger charge is 2.56. The largest absolute Gasteiger partial charge is 0.414 e. The van der Waals surface area contributed by atoms with Crippen molar-refractivity contribution in [3.63, 3.8) is 0 Å². The summed E-state index contributed by atoms with van der Waals surface area (Å²) >= 11 is 6.09. The number of hydrogen-bond donors (Lipinski definition) is 1. The van der Waals surface area contributed by atoms with Crippen molar-refractivity contribution < 1.29 is 9.22 Å². The molecule has 3 atom stereocenters. The Morgan fingerprint density at radius 2 is 1.81 bits per heavy atom. The molecule has 1 unspecified atom stereocenters. The van der Waals surface area contributed by atoms with Gasteiger partial charge < -0.3 is 9.74 Å². The zero-order chi connectivity index (χ0) is 12.7. The van der Waals surface area contributed by atoms with Crippen molar-refractivity contribution >= 4 is 26.5 Å². The maximum absolute atomic E-state index is 11.7. The minimum absolute atomic E-state index is 0.00655.